The summed E-state index contributed by atoms with van der Waals surface area (Å²) in [6.45, 7) is 5.37. The number of hydrogen-bond donors (Lipinski definition) is 2. The van der Waals surface area contributed by atoms with Crippen molar-refractivity contribution in [2.75, 3.05) is 31.1 Å². The van der Waals surface area contributed by atoms with Gasteiger partial charge in [-0.2, -0.15) is 17.4 Å². The number of nitrogens with one attached hydrogen (secondary N) is 1. The van der Waals surface area contributed by atoms with E-state index >= 15 is 0 Å². The van der Waals surface area contributed by atoms with Crippen molar-refractivity contribution in [2.24, 2.45) is 5.92 Å². The van der Waals surface area contributed by atoms with Crippen molar-refractivity contribution in [3.05, 3.63) is 47.0 Å². The summed E-state index contributed by atoms with van der Waals surface area (Å²) in [5.41, 5.74) is -0.682. The van der Waals surface area contributed by atoms with Crippen molar-refractivity contribution < 1.29 is 18.3 Å². The maximum absolute atomic E-state index is 13.0. The first-order chi connectivity index (χ1) is 13.8. The highest BCUT2D eigenvalue weighted by molar-refractivity contribution is 7.87. The Labute approximate surface area is 174 Å². The highest BCUT2D eigenvalue weighted by Crippen LogP contribution is 2.57. The SMILES string of the molecule is Cc1cnc(N2CCN(S(=O)(=O)N[C@@]3(C(=O)O)C(C)[C@@H]3c3ccccc3)CC2)s1. The molecule has 2 N–H and O–H groups in total. The van der Waals surface area contributed by atoms with Gasteiger partial charge in [-0.05, 0) is 18.4 Å². The first-order valence-electron chi connectivity index (χ1n) is 9.50. The van der Waals surface area contributed by atoms with Gasteiger partial charge in [0.2, 0.25) is 0 Å². The van der Waals surface area contributed by atoms with Crippen molar-refractivity contribution in [2.45, 2.75) is 25.3 Å². The van der Waals surface area contributed by atoms with Gasteiger partial charge in [0.1, 0.15) is 5.54 Å². The predicted molar refractivity (Wildman–Crippen MR) is 111 cm³/mol. The van der Waals surface area contributed by atoms with Crippen molar-refractivity contribution in [1.82, 2.24) is 14.0 Å². The molecule has 1 aromatic carbocycles. The monoisotopic (exact) mass is 436 g/mol. The third kappa shape index (κ3) is 3.54. The fourth-order valence-corrected chi connectivity index (χ4v) is 6.60. The minimum atomic E-state index is -3.94. The lowest BCUT2D eigenvalue weighted by molar-refractivity contribution is -0.140. The van der Waals surface area contributed by atoms with E-state index in [1.807, 2.05) is 37.3 Å². The van der Waals surface area contributed by atoms with Crippen LogP contribution in [-0.4, -0.2) is 60.5 Å². The Morgan fingerprint density at radius 3 is 2.45 bits per heavy atom. The van der Waals surface area contributed by atoms with E-state index in [0.717, 1.165) is 15.6 Å². The molecule has 3 atom stereocenters. The van der Waals surface area contributed by atoms with Crippen LogP contribution in [0.4, 0.5) is 5.13 Å². The Kier molecular flexibility index (Phi) is 5.14. The standard InChI is InChI=1S/C19H24N4O4S2/c1-13-12-20-18(28-13)22-8-10-23(11-9-22)29(26,27)21-19(17(24)25)14(2)16(19)15-6-4-3-5-7-15/h3-7,12,14,16,21H,8-11H2,1-2H3,(H,24,25)/t14?,16-,19+/m1/s1. The zero-order valence-electron chi connectivity index (χ0n) is 16.3. The van der Waals surface area contributed by atoms with Gasteiger partial charge in [0.15, 0.2) is 5.13 Å². The summed E-state index contributed by atoms with van der Waals surface area (Å²) in [7, 11) is -3.94. The molecule has 1 aromatic heterocycles. The number of rotatable bonds is 6. The molecule has 0 radical (unpaired) electrons. The lowest BCUT2D eigenvalue weighted by Crippen LogP contribution is -2.56. The van der Waals surface area contributed by atoms with Crippen LogP contribution in [-0.2, 0) is 15.0 Å². The zero-order chi connectivity index (χ0) is 20.8. The van der Waals surface area contributed by atoms with Crippen LogP contribution in [0.1, 0.15) is 23.3 Å². The summed E-state index contributed by atoms with van der Waals surface area (Å²) in [6.07, 6.45) is 1.81. The van der Waals surface area contributed by atoms with Gasteiger partial charge in [-0.3, -0.25) is 4.79 Å². The molecule has 2 aromatic rings. The second kappa shape index (κ2) is 7.35. The third-order valence-electron chi connectivity index (χ3n) is 5.87. The molecule has 1 saturated carbocycles. The number of carboxylic acids is 1. The van der Waals surface area contributed by atoms with Gasteiger partial charge in [0, 0.05) is 43.2 Å². The molecule has 1 unspecified atom stereocenters. The molecule has 10 heteroatoms. The van der Waals surface area contributed by atoms with E-state index in [4.69, 9.17) is 0 Å². The Balaban J connectivity index is 1.48. The summed E-state index contributed by atoms with van der Waals surface area (Å²) < 4.78 is 29.9. The van der Waals surface area contributed by atoms with Crippen LogP contribution in [0.3, 0.4) is 0 Å². The molecular formula is C19H24N4O4S2. The maximum Gasteiger partial charge on any atom is 0.325 e. The minimum Gasteiger partial charge on any atom is -0.480 e. The summed E-state index contributed by atoms with van der Waals surface area (Å²) in [5.74, 6) is -1.87. The van der Waals surface area contributed by atoms with Crippen LogP contribution in [0.5, 0.6) is 0 Å². The van der Waals surface area contributed by atoms with Gasteiger partial charge >= 0.3 is 5.97 Å². The number of carbonyl (C=O) groups is 1. The molecule has 0 bridgehead atoms. The first-order valence-corrected chi connectivity index (χ1v) is 11.8. The fourth-order valence-electron chi connectivity index (χ4n) is 4.19. The second-order valence-electron chi connectivity index (χ2n) is 7.60. The van der Waals surface area contributed by atoms with Gasteiger partial charge in [-0.25, -0.2) is 4.98 Å². The van der Waals surface area contributed by atoms with Crippen molar-refractivity contribution in [3.63, 3.8) is 0 Å². The quantitative estimate of drug-likeness (QED) is 0.714. The average Bonchev–Trinajstić information content (AvgIpc) is 3.05. The summed E-state index contributed by atoms with van der Waals surface area (Å²) in [5, 5.41) is 10.8. The number of anilines is 1. The molecule has 156 valence electrons. The summed E-state index contributed by atoms with van der Waals surface area (Å²) in [4.78, 5) is 19.6. The largest absolute Gasteiger partial charge is 0.480 e. The summed E-state index contributed by atoms with van der Waals surface area (Å²) >= 11 is 1.58. The molecule has 29 heavy (non-hydrogen) atoms. The Morgan fingerprint density at radius 1 is 1.24 bits per heavy atom. The normalized spacial score (nSPS) is 27.7. The fraction of sp³-hybridized carbons (Fsp3) is 0.474. The number of carboxylic acid groups (broad SMARTS) is 1. The molecule has 0 amide bonds. The smallest absolute Gasteiger partial charge is 0.325 e. The Bertz CT molecular complexity index is 1000. The van der Waals surface area contributed by atoms with Gasteiger partial charge in [0.25, 0.3) is 10.2 Å². The molecule has 1 aliphatic carbocycles. The Hall–Kier alpha value is -2.01. The topological polar surface area (TPSA) is 103 Å². The van der Waals surface area contributed by atoms with E-state index in [-0.39, 0.29) is 19.0 Å². The van der Waals surface area contributed by atoms with Crippen LogP contribution in [0.2, 0.25) is 0 Å². The molecule has 2 fully saturated rings. The molecule has 2 heterocycles. The minimum absolute atomic E-state index is 0.286. The first kappa shape index (κ1) is 20.3. The summed E-state index contributed by atoms with van der Waals surface area (Å²) in [6, 6.07) is 9.21. The van der Waals surface area contributed by atoms with Crippen LogP contribution < -0.4 is 9.62 Å². The van der Waals surface area contributed by atoms with E-state index in [2.05, 4.69) is 14.6 Å². The van der Waals surface area contributed by atoms with Crippen LogP contribution in [0.15, 0.2) is 36.5 Å². The second-order valence-corrected chi connectivity index (χ2v) is 10.5. The number of piperazine rings is 1. The van der Waals surface area contributed by atoms with Crippen LogP contribution in [0.25, 0.3) is 0 Å². The maximum atomic E-state index is 13.0. The highest BCUT2D eigenvalue weighted by atomic mass is 32.2. The molecule has 4 rings (SSSR count). The van der Waals surface area contributed by atoms with E-state index < -0.39 is 27.6 Å². The van der Waals surface area contributed by atoms with Gasteiger partial charge in [0.05, 0.1) is 0 Å². The third-order valence-corrected chi connectivity index (χ3v) is 8.48. The zero-order valence-corrected chi connectivity index (χ0v) is 17.9. The van der Waals surface area contributed by atoms with E-state index in [1.54, 1.807) is 24.5 Å². The molecule has 1 saturated heterocycles. The number of nitrogens with zero attached hydrogens (tertiary/aromatic N) is 3. The number of benzene rings is 1. The van der Waals surface area contributed by atoms with Crippen LogP contribution in [0, 0.1) is 12.8 Å². The van der Waals surface area contributed by atoms with Crippen molar-refractivity contribution >= 4 is 32.6 Å². The molecule has 2 aliphatic rings. The molecule has 1 aliphatic heterocycles. The number of aliphatic carboxylic acids is 1. The number of hydrogen-bond acceptors (Lipinski definition) is 6. The molecule has 0 spiro atoms. The Morgan fingerprint density at radius 2 is 1.90 bits per heavy atom. The number of aromatic nitrogens is 1. The molecule has 8 nitrogen and oxygen atoms in total. The van der Waals surface area contributed by atoms with Gasteiger partial charge < -0.3 is 10.0 Å². The van der Waals surface area contributed by atoms with E-state index in [9.17, 15) is 18.3 Å². The van der Waals surface area contributed by atoms with Gasteiger partial charge in [-0.1, -0.05) is 37.3 Å². The molecular weight excluding hydrogens is 412 g/mol. The number of aryl methyl sites for hydroxylation is 1. The number of thiazole rings is 1. The predicted octanol–water partition coefficient (Wildman–Crippen LogP) is 1.66. The lowest BCUT2D eigenvalue weighted by atomic mass is 10.1. The van der Waals surface area contributed by atoms with Crippen LogP contribution >= 0.6 is 11.3 Å². The van der Waals surface area contributed by atoms with Crippen molar-refractivity contribution in [1.29, 1.82) is 0 Å². The van der Waals surface area contributed by atoms with E-state index in [1.165, 1.54) is 4.31 Å². The van der Waals surface area contributed by atoms with Gasteiger partial charge in [-0.15, -0.1) is 11.3 Å². The highest BCUT2D eigenvalue weighted by Gasteiger charge is 2.70. The van der Waals surface area contributed by atoms with E-state index in [0.29, 0.717) is 13.1 Å². The lowest BCUT2D eigenvalue weighted by Gasteiger charge is -2.34. The average molecular weight is 437 g/mol. The van der Waals surface area contributed by atoms with Crippen molar-refractivity contribution in [3.8, 4) is 0 Å².